The topological polar surface area (TPSA) is 26.0 Å². The van der Waals surface area contributed by atoms with Crippen LogP contribution in [-0.2, 0) is 5.41 Å². The second-order valence-corrected chi connectivity index (χ2v) is 6.44. The van der Waals surface area contributed by atoms with Crippen molar-refractivity contribution in [2.24, 2.45) is 5.73 Å². The summed E-state index contributed by atoms with van der Waals surface area (Å²) in [6.07, 6.45) is 0. The van der Waals surface area contributed by atoms with E-state index in [9.17, 15) is 0 Å². The predicted octanol–water partition coefficient (Wildman–Crippen LogP) is 4.71. The fourth-order valence-electron chi connectivity index (χ4n) is 2.29. The summed E-state index contributed by atoms with van der Waals surface area (Å²) in [5.41, 5.74) is 11.1. The molecule has 0 saturated heterocycles. The van der Waals surface area contributed by atoms with Crippen LogP contribution in [0.15, 0.2) is 48.5 Å². The third-order valence-electron chi connectivity index (χ3n) is 4.09. The molecule has 0 bridgehead atoms. The van der Waals surface area contributed by atoms with Crippen molar-refractivity contribution in [2.45, 2.75) is 39.0 Å². The summed E-state index contributed by atoms with van der Waals surface area (Å²) < 4.78 is 0. The van der Waals surface area contributed by atoms with E-state index in [0.717, 1.165) is 0 Å². The van der Waals surface area contributed by atoms with Gasteiger partial charge >= 0.3 is 0 Å². The van der Waals surface area contributed by atoms with Crippen molar-refractivity contribution in [1.82, 2.24) is 0 Å². The maximum Gasteiger partial charge on any atom is 0.00190 e. The predicted molar refractivity (Wildman–Crippen MR) is 88.0 cm³/mol. The van der Waals surface area contributed by atoms with Crippen LogP contribution in [0.2, 0.25) is 0 Å². The van der Waals surface area contributed by atoms with E-state index in [4.69, 9.17) is 5.73 Å². The van der Waals surface area contributed by atoms with Crippen molar-refractivity contribution in [3.05, 3.63) is 59.7 Å². The molecule has 0 radical (unpaired) electrons. The standard InChI is InChI=1S/C19H25N/c1-14(2)15-5-7-16(8-6-15)17-9-11-18(12-10-17)19(3,4)13-20/h5-12,14H,13,20H2,1-4H3. The Labute approximate surface area is 122 Å². The summed E-state index contributed by atoms with van der Waals surface area (Å²) in [5.74, 6) is 0.580. The Morgan fingerprint density at radius 1 is 0.850 bits per heavy atom. The molecular formula is C19H25N. The van der Waals surface area contributed by atoms with E-state index in [0.29, 0.717) is 12.5 Å². The highest BCUT2D eigenvalue weighted by atomic mass is 14.6. The first-order valence-electron chi connectivity index (χ1n) is 7.35. The molecule has 0 heterocycles. The normalized spacial score (nSPS) is 11.9. The highest BCUT2D eigenvalue weighted by Gasteiger charge is 2.17. The van der Waals surface area contributed by atoms with Crippen LogP contribution in [-0.4, -0.2) is 6.54 Å². The summed E-state index contributed by atoms with van der Waals surface area (Å²) in [5, 5.41) is 0. The molecule has 2 N–H and O–H groups in total. The zero-order valence-corrected chi connectivity index (χ0v) is 13.0. The molecular weight excluding hydrogens is 242 g/mol. The van der Waals surface area contributed by atoms with Crippen LogP contribution < -0.4 is 5.73 Å². The van der Waals surface area contributed by atoms with Crippen molar-refractivity contribution in [3.63, 3.8) is 0 Å². The van der Waals surface area contributed by atoms with Crippen molar-refractivity contribution < 1.29 is 0 Å². The van der Waals surface area contributed by atoms with E-state index in [-0.39, 0.29) is 5.41 Å². The van der Waals surface area contributed by atoms with E-state index < -0.39 is 0 Å². The third-order valence-corrected chi connectivity index (χ3v) is 4.09. The van der Waals surface area contributed by atoms with Crippen molar-refractivity contribution >= 4 is 0 Å². The fourth-order valence-corrected chi connectivity index (χ4v) is 2.29. The molecule has 0 spiro atoms. The first kappa shape index (κ1) is 14.8. The number of rotatable bonds is 4. The summed E-state index contributed by atoms with van der Waals surface area (Å²) >= 11 is 0. The molecule has 1 nitrogen and oxygen atoms in total. The molecule has 0 aromatic heterocycles. The molecule has 0 aliphatic carbocycles. The Morgan fingerprint density at radius 3 is 1.70 bits per heavy atom. The molecule has 0 amide bonds. The number of nitrogens with two attached hydrogens (primary N) is 1. The maximum atomic E-state index is 5.83. The number of benzene rings is 2. The van der Waals surface area contributed by atoms with Crippen molar-refractivity contribution in [1.29, 1.82) is 0 Å². The summed E-state index contributed by atoms with van der Waals surface area (Å²) in [6.45, 7) is 9.46. The first-order valence-corrected chi connectivity index (χ1v) is 7.35. The third kappa shape index (κ3) is 3.10. The van der Waals surface area contributed by atoms with Crippen LogP contribution in [0.3, 0.4) is 0 Å². The number of hydrogen-bond donors (Lipinski definition) is 1. The molecule has 0 aliphatic heterocycles. The van der Waals surface area contributed by atoms with Gasteiger partial charge in [-0.3, -0.25) is 0 Å². The minimum Gasteiger partial charge on any atom is -0.330 e. The minimum absolute atomic E-state index is 0.0417. The smallest absolute Gasteiger partial charge is 0.00190 e. The van der Waals surface area contributed by atoms with Crippen molar-refractivity contribution in [2.75, 3.05) is 6.54 Å². The molecule has 0 fully saturated rings. The average Bonchev–Trinajstić information content (AvgIpc) is 2.47. The molecule has 0 aliphatic rings. The van der Waals surface area contributed by atoms with E-state index in [2.05, 4.69) is 76.2 Å². The Bertz CT molecular complexity index is 547. The number of hydrogen-bond acceptors (Lipinski definition) is 1. The van der Waals surface area contributed by atoms with Crippen LogP contribution in [0.5, 0.6) is 0 Å². The molecule has 2 aromatic rings. The van der Waals surface area contributed by atoms with Gasteiger partial charge in [0.25, 0.3) is 0 Å². The van der Waals surface area contributed by atoms with Gasteiger partial charge in [-0.25, -0.2) is 0 Å². The molecule has 2 aromatic carbocycles. The van der Waals surface area contributed by atoms with Gasteiger partial charge in [0.1, 0.15) is 0 Å². The molecule has 20 heavy (non-hydrogen) atoms. The van der Waals surface area contributed by atoms with E-state index in [1.165, 1.54) is 22.3 Å². The molecule has 106 valence electrons. The first-order chi connectivity index (χ1) is 9.44. The average molecular weight is 267 g/mol. The van der Waals surface area contributed by atoms with Crippen molar-refractivity contribution in [3.8, 4) is 11.1 Å². The fraction of sp³-hybridized carbons (Fsp3) is 0.368. The second kappa shape index (κ2) is 5.80. The maximum absolute atomic E-state index is 5.83. The van der Waals surface area contributed by atoms with Crippen LogP contribution in [0.25, 0.3) is 11.1 Å². The zero-order chi connectivity index (χ0) is 14.8. The van der Waals surface area contributed by atoms with Gasteiger partial charge in [-0.05, 0) is 28.2 Å². The highest BCUT2D eigenvalue weighted by Crippen LogP contribution is 2.27. The Kier molecular flexibility index (Phi) is 4.29. The van der Waals surface area contributed by atoms with E-state index in [1.807, 2.05) is 0 Å². The second-order valence-electron chi connectivity index (χ2n) is 6.44. The van der Waals surface area contributed by atoms with Crippen LogP contribution in [0, 0.1) is 0 Å². The lowest BCUT2D eigenvalue weighted by Crippen LogP contribution is -2.27. The van der Waals surface area contributed by atoms with E-state index >= 15 is 0 Å². The van der Waals surface area contributed by atoms with Gasteiger partial charge in [-0.2, -0.15) is 0 Å². The lowest BCUT2D eigenvalue weighted by Gasteiger charge is -2.23. The SMILES string of the molecule is CC(C)c1ccc(-c2ccc(C(C)(C)CN)cc2)cc1. The van der Waals surface area contributed by atoms with Gasteiger partial charge in [0.05, 0.1) is 0 Å². The van der Waals surface area contributed by atoms with Gasteiger partial charge in [0.2, 0.25) is 0 Å². The van der Waals surface area contributed by atoms with Crippen LogP contribution >= 0.6 is 0 Å². The lowest BCUT2D eigenvalue weighted by molar-refractivity contribution is 0.539. The summed E-state index contributed by atoms with van der Waals surface area (Å²) in [6, 6.07) is 17.6. The van der Waals surface area contributed by atoms with Crippen LogP contribution in [0.1, 0.15) is 44.7 Å². The quantitative estimate of drug-likeness (QED) is 0.852. The van der Waals surface area contributed by atoms with Gasteiger partial charge in [-0.1, -0.05) is 76.2 Å². The summed E-state index contributed by atoms with van der Waals surface area (Å²) in [7, 11) is 0. The molecule has 0 atom stereocenters. The monoisotopic (exact) mass is 267 g/mol. The van der Waals surface area contributed by atoms with Gasteiger partial charge < -0.3 is 5.73 Å². The van der Waals surface area contributed by atoms with Gasteiger partial charge in [0.15, 0.2) is 0 Å². The lowest BCUT2D eigenvalue weighted by atomic mass is 9.84. The molecule has 0 saturated carbocycles. The zero-order valence-electron chi connectivity index (χ0n) is 13.0. The Hall–Kier alpha value is -1.60. The van der Waals surface area contributed by atoms with Gasteiger partial charge in [-0.15, -0.1) is 0 Å². The largest absolute Gasteiger partial charge is 0.330 e. The Morgan fingerprint density at radius 2 is 1.30 bits per heavy atom. The molecule has 2 rings (SSSR count). The van der Waals surface area contributed by atoms with E-state index in [1.54, 1.807) is 0 Å². The molecule has 0 unspecified atom stereocenters. The van der Waals surface area contributed by atoms with Gasteiger partial charge in [0, 0.05) is 12.0 Å². The Balaban J connectivity index is 2.26. The molecule has 1 heteroatoms. The summed E-state index contributed by atoms with van der Waals surface area (Å²) in [4.78, 5) is 0. The highest BCUT2D eigenvalue weighted by molar-refractivity contribution is 5.64. The minimum atomic E-state index is 0.0417. The van der Waals surface area contributed by atoms with Crippen LogP contribution in [0.4, 0.5) is 0 Å².